The fraction of sp³-hybridized carbons (Fsp3) is 0.143. The number of nitrogens with one attached hydrogen (secondary N) is 1. The Kier molecular flexibility index (Phi) is 4.11. The first-order valence-corrected chi connectivity index (χ1v) is 6.04. The van der Waals surface area contributed by atoms with Crippen LogP contribution in [0.2, 0.25) is 0 Å². The molecule has 2 aromatic carbocycles. The zero-order valence-electron chi connectivity index (χ0n) is 10.9. The van der Waals surface area contributed by atoms with Gasteiger partial charge in [-0.1, -0.05) is 12.1 Å². The maximum Gasteiger partial charge on any atom is 0.295 e. The summed E-state index contributed by atoms with van der Waals surface area (Å²) in [5, 5.41) is 13.6. The van der Waals surface area contributed by atoms with Crippen molar-refractivity contribution in [2.45, 2.75) is 13.0 Å². The minimum absolute atomic E-state index is 0.0219. The molecule has 0 saturated heterocycles. The van der Waals surface area contributed by atoms with E-state index in [4.69, 9.17) is 0 Å². The summed E-state index contributed by atoms with van der Waals surface area (Å²) >= 11 is 0. The van der Waals surface area contributed by atoms with Gasteiger partial charge in [-0.3, -0.25) is 10.1 Å². The van der Waals surface area contributed by atoms with E-state index in [2.05, 4.69) is 5.32 Å². The fourth-order valence-corrected chi connectivity index (χ4v) is 1.94. The van der Waals surface area contributed by atoms with E-state index in [9.17, 15) is 23.3 Å². The highest BCUT2D eigenvalue weighted by atomic mass is 19.2. The second kappa shape index (κ2) is 5.82. The molecule has 0 heterocycles. The molecule has 0 amide bonds. The van der Waals surface area contributed by atoms with Gasteiger partial charge >= 0.3 is 0 Å². The number of benzene rings is 2. The zero-order valence-corrected chi connectivity index (χ0v) is 10.9. The molecule has 2 aromatic rings. The molecule has 0 aliphatic rings. The van der Waals surface area contributed by atoms with Crippen LogP contribution in [0.4, 0.5) is 24.5 Å². The first-order valence-electron chi connectivity index (χ1n) is 6.04. The number of hydrogen-bond acceptors (Lipinski definition) is 3. The summed E-state index contributed by atoms with van der Waals surface area (Å²) in [7, 11) is 0. The molecule has 0 saturated carbocycles. The summed E-state index contributed by atoms with van der Waals surface area (Å²) in [6, 6.07) is 5.94. The minimum atomic E-state index is -1.03. The topological polar surface area (TPSA) is 55.2 Å². The van der Waals surface area contributed by atoms with Crippen molar-refractivity contribution in [3.8, 4) is 0 Å². The molecule has 4 nitrogen and oxygen atoms in total. The summed E-state index contributed by atoms with van der Waals surface area (Å²) < 4.78 is 39.9. The second-order valence-corrected chi connectivity index (χ2v) is 4.43. The largest absolute Gasteiger partial charge is 0.373 e. The van der Waals surface area contributed by atoms with E-state index in [-0.39, 0.29) is 11.3 Å². The lowest BCUT2D eigenvalue weighted by atomic mass is 10.1. The molecule has 1 atom stereocenters. The van der Waals surface area contributed by atoms with E-state index < -0.39 is 34.1 Å². The summed E-state index contributed by atoms with van der Waals surface area (Å²) in [5.41, 5.74) is -0.426. The minimum Gasteiger partial charge on any atom is -0.373 e. The van der Waals surface area contributed by atoms with E-state index in [1.54, 1.807) is 0 Å². The van der Waals surface area contributed by atoms with Gasteiger partial charge in [-0.2, -0.15) is 0 Å². The van der Waals surface area contributed by atoms with Crippen molar-refractivity contribution >= 4 is 11.4 Å². The van der Waals surface area contributed by atoms with Crippen LogP contribution in [-0.4, -0.2) is 4.92 Å². The summed E-state index contributed by atoms with van der Waals surface area (Å²) in [5.74, 6) is -2.78. The van der Waals surface area contributed by atoms with Crippen LogP contribution in [0.25, 0.3) is 0 Å². The van der Waals surface area contributed by atoms with Gasteiger partial charge in [0.25, 0.3) is 5.69 Å². The number of halogens is 3. The molecule has 110 valence electrons. The Morgan fingerprint density at radius 1 is 1.19 bits per heavy atom. The van der Waals surface area contributed by atoms with E-state index in [1.165, 1.54) is 25.1 Å². The van der Waals surface area contributed by atoms with E-state index in [0.717, 1.165) is 18.2 Å². The van der Waals surface area contributed by atoms with Crippen LogP contribution in [0.1, 0.15) is 18.5 Å². The van der Waals surface area contributed by atoms with Gasteiger partial charge in [0.15, 0.2) is 11.6 Å². The normalized spacial score (nSPS) is 12.0. The third-order valence-electron chi connectivity index (χ3n) is 2.98. The highest BCUT2D eigenvalue weighted by Gasteiger charge is 2.19. The number of hydrogen-bond donors (Lipinski definition) is 1. The Balaban J connectivity index is 2.34. The van der Waals surface area contributed by atoms with Crippen molar-refractivity contribution in [1.82, 2.24) is 0 Å². The molecule has 2 rings (SSSR count). The zero-order chi connectivity index (χ0) is 15.6. The van der Waals surface area contributed by atoms with Crippen LogP contribution in [0.15, 0.2) is 36.4 Å². The standard InChI is InChI=1S/C14H11F3N2O2/c1-8(10-3-2-4-11(16)14(10)17)18-12-6-5-9(15)7-13(12)19(20)21/h2-8,18H,1H3. The Hall–Kier alpha value is -2.57. The lowest BCUT2D eigenvalue weighted by Crippen LogP contribution is -2.11. The quantitative estimate of drug-likeness (QED) is 0.680. The highest BCUT2D eigenvalue weighted by Crippen LogP contribution is 2.29. The Bertz CT molecular complexity index is 692. The monoisotopic (exact) mass is 296 g/mol. The SMILES string of the molecule is CC(Nc1ccc(F)cc1[N+](=O)[O-])c1cccc(F)c1F. The summed E-state index contributed by atoms with van der Waals surface area (Å²) in [6.45, 7) is 1.52. The smallest absolute Gasteiger partial charge is 0.295 e. The molecule has 7 heteroatoms. The predicted octanol–water partition coefficient (Wildman–Crippen LogP) is 4.19. The van der Waals surface area contributed by atoms with Crippen molar-refractivity contribution in [3.05, 3.63) is 69.5 Å². The molecule has 1 N–H and O–H groups in total. The molecule has 0 fully saturated rings. The average molecular weight is 296 g/mol. The van der Waals surface area contributed by atoms with Crippen LogP contribution in [0, 0.1) is 27.6 Å². The highest BCUT2D eigenvalue weighted by molar-refractivity contribution is 5.62. The molecule has 1 unspecified atom stereocenters. The lowest BCUT2D eigenvalue weighted by molar-refractivity contribution is -0.384. The van der Waals surface area contributed by atoms with Crippen LogP contribution in [-0.2, 0) is 0 Å². The number of nitro groups is 1. The molecule has 0 aliphatic carbocycles. The first kappa shape index (κ1) is 14.8. The Labute approximate surface area is 118 Å². The van der Waals surface area contributed by atoms with Crippen LogP contribution in [0.3, 0.4) is 0 Å². The van der Waals surface area contributed by atoms with Crippen LogP contribution < -0.4 is 5.32 Å². The molecule has 0 bridgehead atoms. The van der Waals surface area contributed by atoms with E-state index in [1.807, 2.05) is 0 Å². The lowest BCUT2D eigenvalue weighted by Gasteiger charge is -2.16. The van der Waals surface area contributed by atoms with E-state index in [0.29, 0.717) is 0 Å². The van der Waals surface area contributed by atoms with E-state index >= 15 is 0 Å². The number of nitro benzene ring substituents is 1. The van der Waals surface area contributed by atoms with Crippen molar-refractivity contribution < 1.29 is 18.1 Å². The second-order valence-electron chi connectivity index (χ2n) is 4.43. The van der Waals surface area contributed by atoms with Gasteiger partial charge in [-0.05, 0) is 25.1 Å². The Morgan fingerprint density at radius 2 is 1.90 bits per heavy atom. The number of rotatable bonds is 4. The van der Waals surface area contributed by atoms with Gasteiger partial charge in [-0.15, -0.1) is 0 Å². The number of anilines is 1. The third kappa shape index (κ3) is 3.13. The van der Waals surface area contributed by atoms with Gasteiger partial charge in [0.2, 0.25) is 0 Å². The third-order valence-corrected chi connectivity index (χ3v) is 2.98. The van der Waals surface area contributed by atoms with Gasteiger partial charge in [-0.25, -0.2) is 13.2 Å². The van der Waals surface area contributed by atoms with Gasteiger partial charge < -0.3 is 5.32 Å². The molecule has 0 spiro atoms. The fourth-order valence-electron chi connectivity index (χ4n) is 1.94. The summed E-state index contributed by atoms with van der Waals surface area (Å²) in [6.07, 6.45) is 0. The van der Waals surface area contributed by atoms with Crippen molar-refractivity contribution in [1.29, 1.82) is 0 Å². The maximum absolute atomic E-state index is 13.7. The van der Waals surface area contributed by atoms with Crippen molar-refractivity contribution in [3.63, 3.8) is 0 Å². The van der Waals surface area contributed by atoms with Crippen molar-refractivity contribution in [2.75, 3.05) is 5.32 Å². The first-order chi connectivity index (χ1) is 9.90. The van der Waals surface area contributed by atoms with Gasteiger partial charge in [0, 0.05) is 5.56 Å². The molecule has 0 radical (unpaired) electrons. The Morgan fingerprint density at radius 3 is 2.57 bits per heavy atom. The molecule has 0 aromatic heterocycles. The molecule has 0 aliphatic heterocycles. The predicted molar refractivity (Wildman–Crippen MR) is 71.5 cm³/mol. The maximum atomic E-state index is 13.7. The van der Waals surface area contributed by atoms with Crippen LogP contribution >= 0.6 is 0 Å². The summed E-state index contributed by atoms with van der Waals surface area (Å²) in [4.78, 5) is 10.1. The van der Waals surface area contributed by atoms with Gasteiger partial charge in [0.05, 0.1) is 17.0 Å². The van der Waals surface area contributed by atoms with Gasteiger partial charge in [0.1, 0.15) is 11.5 Å². The van der Waals surface area contributed by atoms with Crippen molar-refractivity contribution in [2.24, 2.45) is 0 Å². The molecular weight excluding hydrogens is 285 g/mol. The number of nitrogens with zero attached hydrogens (tertiary/aromatic N) is 1. The van der Waals surface area contributed by atoms with Crippen LogP contribution in [0.5, 0.6) is 0 Å². The molecular formula is C14H11F3N2O2. The average Bonchev–Trinajstić information content (AvgIpc) is 2.43. The molecule has 21 heavy (non-hydrogen) atoms.